The second-order valence-electron chi connectivity index (χ2n) is 7.02. The molecular weight excluding hydrogens is 374 g/mol. The highest BCUT2D eigenvalue weighted by atomic mass is 16.2. The summed E-state index contributed by atoms with van der Waals surface area (Å²) >= 11 is 0. The fourth-order valence-corrected chi connectivity index (χ4v) is 3.31. The Morgan fingerprint density at radius 2 is 1.50 bits per heavy atom. The number of rotatable bonds is 5. The number of aromatic nitrogens is 1. The SMILES string of the molecule is CC(NC(=O)c1cccc(C(=O)Nc2cccc3cccnc23)c1)c1ccccc1. The van der Waals surface area contributed by atoms with Gasteiger partial charge < -0.3 is 10.6 Å². The summed E-state index contributed by atoms with van der Waals surface area (Å²) in [6, 6.07) is 25.7. The Morgan fingerprint density at radius 1 is 0.800 bits per heavy atom. The number of hydrogen-bond donors (Lipinski definition) is 2. The molecule has 0 bridgehead atoms. The Labute approximate surface area is 174 Å². The van der Waals surface area contributed by atoms with Crippen molar-refractivity contribution in [3.05, 3.63) is 108 Å². The Hall–Kier alpha value is -3.99. The molecule has 0 saturated heterocycles. The lowest BCUT2D eigenvalue weighted by Crippen LogP contribution is -2.27. The molecular formula is C25H21N3O2. The number of para-hydroxylation sites is 1. The molecule has 2 N–H and O–H groups in total. The topological polar surface area (TPSA) is 71.1 Å². The smallest absolute Gasteiger partial charge is 0.255 e. The van der Waals surface area contributed by atoms with Crippen molar-refractivity contribution in [1.29, 1.82) is 0 Å². The normalized spacial score (nSPS) is 11.6. The first-order valence-electron chi connectivity index (χ1n) is 9.73. The molecule has 3 aromatic carbocycles. The summed E-state index contributed by atoms with van der Waals surface area (Å²) in [6.45, 7) is 1.93. The summed E-state index contributed by atoms with van der Waals surface area (Å²) < 4.78 is 0. The first kappa shape index (κ1) is 19.3. The fourth-order valence-electron chi connectivity index (χ4n) is 3.31. The van der Waals surface area contributed by atoms with Crippen LogP contribution in [0.5, 0.6) is 0 Å². The fraction of sp³-hybridized carbons (Fsp3) is 0.0800. The van der Waals surface area contributed by atoms with E-state index in [1.54, 1.807) is 30.5 Å². The van der Waals surface area contributed by atoms with Crippen LogP contribution in [0.15, 0.2) is 91.1 Å². The number of carbonyl (C=O) groups is 2. The molecule has 2 amide bonds. The number of amides is 2. The Bertz CT molecular complexity index is 1200. The van der Waals surface area contributed by atoms with Crippen LogP contribution < -0.4 is 10.6 Å². The van der Waals surface area contributed by atoms with Crippen LogP contribution in [0.4, 0.5) is 5.69 Å². The van der Waals surface area contributed by atoms with E-state index in [4.69, 9.17) is 0 Å². The van der Waals surface area contributed by atoms with Crippen molar-refractivity contribution in [3.63, 3.8) is 0 Å². The van der Waals surface area contributed by atoms with Crippen LogP contribution in [0, 0.1) is 0 Å². The van der Waals surface area contributed by atoms with E-state index < -0.39 is 0 Å². The molecule has 0 spiro atoms. The van der Waals surface area contributed by atoms with Crippen LogP contribution in [-0.2, 0) is 0 Å². The van der Waals surface area contributed by atoms with E-state index >= 15 is 0 Å². The molecule has 1 atom stereocenters. The molecule has 0 aliphatic carbocycles. The number of pyridine rings is 1. The van der Waals surface area contributed by atoms with Gasteiger partial charge >= 0.3 is 0 Å². The minimum absolute atomic E-state index is 0.141. The molecule has 4 rings (SSSR count). The van der Waals surface area contributed by atoms with E-state index in [-0.39, 0.29) is 17.9 Å². The number of anilines is 1. The van der Waals surface area contributed by atoms with Gasteiger partial charge in [-0.25, -0.2) is 0 Å². The molecule has 1 aromatic heterocycles. The average Bonchev–Trinajstić information content (AvgIpc) is 2.80. The molecule has 1 unspecified atom stereocenters. The molecule has 0 aliphatic rings. The zero-order chi connectivity index (χ0) is 20.9. The Morgan fingerprint density at radius 3 is 2.30 bits per heavy atom. The van der Waals surface area contributed by atoms with Gasteiger partial charge in [0.15, 0.2) is 0 Å². The van der Waals surface area contributed by atoms with E-state index in [1.165, 1.54) is 0 Å². The van der Waals surface area contributed by atoms with Crippen molar-refractivity contribution in [3.8, 4) is 0 Å². The van der Waals surface area contributed by atoms with Crippen LogP contribution in [0.2, 0.25) is 0 Å². The standard InChI is InChI=1S/C25H21N3O2/c1-17(18-8-3-2-4-9-18)27-24(29)20-11-5-12-21(16-20)25(30)28-22-14-6-10-19-13-7-15-26-23(19)22/h2-17H,1H3,(H,27,29)(H,28,30). The summed E-state index contributed by atoms with van der Waals surface area (Å²) in [6.07, 6.45) is 1.69. The quantitative estimate of drug-likeness (QED) is 0.501. The summed E-state index contributed by atoms with van der Waals surface area (Å²) in [4.78, 5) is 29.8. The van der Waals surface area contributed by atoms with Gasteiger partial charge in [-0.2, -0.15) is 0 Å². The van der Waals surface area contributed by atoms with Gasteiger partial charge in [0.1, 0.15) is 0 Å². The summed E-state index contributed by atoms with van der Waals surface area (Å²) in [5.41, 5.74) is 3.21. The molecule has 30 heavy (non-hydrogen) atoms. The summed E-state index contributed by atoms with van der Waals surface area (Å²) in [5, 5.41) is 6.82. The van der Waals surface area contributed by atoms with Crippen molar-refractivity contribution in [2.24, 2.45) is 0 Å². The molecule has 5 nitrogen and oxygen atoms in total. The van der Waals surface area contributed by atoms with Gasteiger partial charge in [-0.1, -0.05) is 54.6 Å². The number of nitrogens with one attached hydrogen (secondary N) is 2. The van der Waals surface area contributed by atoms with Gasteiger partial charge in [-0.3, -0.25) is 14.6 Å². The third-order valence-electron chi connectivity index (χ3n) is 4.92. The highest BCUT2D eigenvalue weighted by Gasteiger charge is 2.14. The van der Waals surface area contributed by atoms with Crippen molar-refractivity contribution >= 4 is 28.4 Å². The molecule has 0 aliphatic heterocycles. The van der Waals surface area contributed by atoms with Gasteiger partial charge in [0.2, 0.25) is 0 Å². The minimum atomic E-state index is -0.293. The zero-order valence-corrected chi connectivity index (χ0v) is 16.5. The summed E-state index contributed by atoms with van der Waals surface area (Å²) in [7, 11) is 0. The number of carbonyl (C=O) groups excluding carboxylic acids is 2. The second kappa shape index (κ2) is 8.57. The molecule has 5 heteroatoms. The van der Waals surface area contributed by atoms with Gasteiger partial charge in [0, 0.05) is 22.7 Å². The Kier molecular flexibility index (Phi) is 5.52. The van der Waals surface area contributed by atoms with Crippen LogP contribution in [-0.4, -0.2) is 16.8 Å². The van der Waals surface area contributed by atoms with Crippen LogP contribution in [0.3, 0.4) is 0 Å². The molecule has 0 fully saturated rings. The highest BCUT2D eigenvalue weighted by molar-refractivity contribution is 6.09. The van der Waals surface area contributed by atoms with Crippen molar-refractivity contribution in [2.45, 2.75) is 13.0 Å². The van der Waals surface area contributed by atoms with E-state index in [9.17, 15) is 9.59 Å². The molecule has 1 heterocycles. The number of fused-ring (bicyclic) bond motifs is 1. The lowest BCUT2D eigenvalue weighted by Gasteiger charge is -2.15. The first-order chi connectivity index (χ1) is 14.6. The lowest BCUT2D eigenvalue weighted by molar-refractivity contribution is 0.0940. The predicted octanol–water partition coefficient (Wildman–Crippen LogP) is 4.98. The minimum Gasteiger partial charge on any atom is -0.346 e. The highest BCUT2D eigenvalue weighted by Crippen LogP contribution is 2.21. The Balaban J connectivity index is 1.51. The van der Waals surface area contributed by atoms with Crippen molar-refractivity contribution in [2.75, 3.05) is 5.32 Å². The van der Waals surface area contributed by atoms with Crippen molar-refractivity contribution < 1.29 is 9.59 Å². The van der Waals surface area contributed by atoms with Crippen LogP contribution in [0.1, 0.15) is 39.2 Å². The number of hydrogen-bond acceptors (Lipinski definition) is 3. The van der Waals surface area contributed by atoms with E-state index in [1.807, 2.05) is 67.6 Å². The molecule has 0 radical (unpaired) electrons. The zero-order valence-electron chi connectivity index (χ0n) is 16.5. The molecule has 0 saturated carbocycles. The first-order valence-corrected chi connectivity index (χ1v) is 9.73. The molecule has 4 aromatic rings. The molecule has 148 valence electrons. The number of benzene rings is 3. The largest absolute Gasteiger partial charge is 0.346 e. The second-order valence-corrected chi connectivity index (χ2v) is 7.02. The predicted molar refractivity (Wildman–Crippen MR) is 118 cm³/mol. The third-order valence-corrected chi connectivity index (χ3v) is 4.92. The van der Waals surface area contributed by atoms with Gasteiger partial charge in [-0.15, -0.1) is 0 Å². The third kappa shape index (κ3) is 4.20. The van der Waals surface area contributed by atoms with Crippen LogP contribution >= 0.6 is 0 Å². The maximum Gasteiger partial charge on any atom is 0.255 e. The van der Waals surface area contributed by atoms with E-state index in [2.05, 4.69) is 15.6 Å². The lowest BCUT2D eigenvalue weighted by atomic mass is 10.1. The van der Waals surface area contributed by atoms with Crippen LogP contribution in [0.25, 0.3) is 10.9 Å². The number of nitrogens with zero attached hydrogens (tertiary/aromatic N) is 1. The summed E-state index contributed by atoms with van der Waals surface area (Å²) in [5.74, 6) is -0.522. The maximum atomic E-state index is 12.8. The van der Waals surface area contributed by atoms with E-state index in [0.717, 1.165) is 16.5 Å². The monoisotopic (exact) mass is 395 g/mol. The van der Waals surface area contributed by atoms with Gasteiger partial charge in [0.05, 0.1) is 17.2 Å². The van der Waals surface area contributed by atoms with Gasteiger partial charge in [-0.05, 0) is 42.8 Å². The van der Waals surface area contributed by atoms with Crippen molar-refractivity contribution in [1.82, 2.24) is 10.3 Å². The average molecular weight is 395 g/mol. The maximum absolute atomic E-state index is 12.8. The van der Waals surface area contributed by atoms with E-state index in [0.29, 0.717) is 16.8 Å². The van der Waals surface area contributed by atoms with Gasteiger partial charge in [0.25, 0.3) is 11.8 Å².